The minimum Gasteiger partial charge on any atom is -0.491 e. The Balaban J connectivity index is 1.65. The zero-order valence-corrected chi connectivity index (χ0v) is 14.4. The summed E-state index contributed by atoms with van der Waals surface area (Å²) in [6.45, 7) is 3.28. The van der Waals surface area contributed by atoms with Crippen molar-refractivity contribution in [3.63, 3.8) is 0 Å². The van der Waals surface area contributed by atoms with Gasteiger partial charge in [-0.1, -0.05) is 35.9 Å². The molecule has 0 aliphatic carbocycles. The van der Waals surface area contributed by atoms with Gasteiger partial charge in [0.15, 0.2) is 0 Å². The van der Waals surface area contributed by atoms with Gasteiger partial charge in [0.05, 0.1) is 11.5 Å². The molecule has 0 amide bonds. The standard InChI is InChI=1S/C18H21NO4S/c1-15-7-9-18(10-8-15)24(20,21)19-11-12-22-17(13-19)14-23-16-5-3-2-4-6-16/h2-10,17H,11-14H2,1H3/t17-/m0/s1. The lowest BCUT2D eigenvalue weighted by molar-refractivity contribution is -0.0249. The molecule has 1 atom stereocenters. The highest BCUT2D eigenvalue weighted by Crippen LogP contribution is 2.20. The van der Waals surface area contributed by atoms with E-state index >= 15 is 0 Å². The Morgan fingerprint density at radius 1 is 1.12 bits per heavy atom. The third kappa shape index (κ3) is 3.95. The SMILES string of the molecule is Cc1ccc(S(=O)(=O)N2CCO[C@H](COc3ccccc3)C2)cc1. The van der Waals surface area contributed by atoms with E-state index in [0.717, 1.165) is 11.3 Å². The summed E-state index contributed by atoms with van der Waals surface area (Å²) < 4.78 is 38.3. The van der Waals surface area contributed by atoms with Gasteiger partial charge in [0.25, 0.3) is 0 Å². The van der Waals surface area contributed by atoms with Gasteiger partial charge < -0.3 is 9.47 Å². The predicted octanol–water partition coefficient (Wildman–Crippen LogP) is 2.46. The number of para-hydroxylation sites is 1. The number of aryl methyl sites for hydroxylation is 1. The number of rotatable bonds is 5. The molecule has 0 N–H and O–H groups in total. The van der Waals surface area contributed by atoms with Gasteiger partial charge in [0.2, 0.25) is 10.0 Å². The van der Waals surface area contributed by atoms with E-state index in [-0.39, 0.29) is 6.10 Å². The van der Waals surface area contributed by atoms with Crippen molar-refractivity contribution in [3.05, 3.63) is 60.2 Å². The predicted molar refractivity (Wildman–Crippen MR) is 91.6 cm³/mol. The second kappa shape index (κ2) is 7.34. The van der Waals surface area contributed by atoms with Crippen molar-refractivity contribution in [2.45, 2.75) is 17.9 Å². The Morgan fingerprint density at radius 2 is 1.83 bits per heavy atom. The van der Waals surface area contributed by atoms with E-state index in [1.807, 2.05) is 49.4 Å². The lowest BCUT2D eigenvalue weighted by atomic mass is 10.2. The number of benzene rings is 2. The second-order valence-electron chi connectivity index (χ2n) is 5.79. The Hall–Kier alpha value is -1.89. The fourth-order valence-electron chi connectivity index (χ4n) is 2.58. The maximum absolute atomic E-state index is 12.7. The minimum absolute atomic E-state index is 0.279. The zero-order chi connectivity index (χ0) is 17.0. The van der Waals surface area contributed by atoms with Crippen molar-refractivity contribution in [1.82, 2.24) is 4.31 Å². The van der Waals surface area contributed by atoms with Crippen LogP contribution in [0.15, 0.2) is 59.5 Å². The molecule has 1 aliphatic heterocycles. The average Bonchev–Trinajstić information content (AvgIpc) is 2.61. The topological polar surface area (TPSA) is 55.8 Å². The number of hydrogen-bond donors (Lipinski definition) is 0. The quantitative estimate of drug-likeness (QED) is 0.834. The molecule has 2 aromatic rings. The second-order valence-corrected chi connectivity index (χ2v) is 7.73. The van der Waals surface area contributed by atoms with Crippen LogP contribution in [0.3, 0.4) is 0 Å². The molecule has 0 spiro atoms. The van der Waals surface area contributed by atoms with Gasteiger partial charge in [-0.3, -0.25) is 0 Å². The van der Waals surface area contributed by atoms with Crippen molar-refractivity contribution in [3.8, 4) is 5.75 Å². The van der Waals surface area contributed by atoms with Crippen LogP contribution in [-0.2, 0) is 14.8 Å². The van der Waals surface area contributed by atoms with Gasteiger partial charge in [0, 0.05) is 13.1 Å². The van der Waals surface area contributed by atoms with E-state index in [9.17, 15) is 8.42 Å². The van der Waals surface area contributed by atoms with Gasteiger partial charge in [-0.15, -0.1) is 0 Å². The van der Waals surface area contributed by atoms with E-state index in [0.29, 0.717) is 31.2 Å². The molecule has 0 bridgehead atoms. The van der Waals surface area contributed by atoms with E-state index in [1.54, 1.807) is 12.1 Å². The van der Waals surface area contributed by atoms with Gasteiger partial charge in [-0.2, -0.15) is 4.31 Å². The Labute approximate surface area is 142 Å². The van der Waals surface area contributed by atoms with Crippen LogP contribution in [0.5, 0.6) is 5.75 Å². The highest BCUT2D eigenvalue weighted by molar-refractivity contribution is 7.89. The first-order chi connectivity index (χ1) is 11.6. The van der Waals surface area contributed by atoms with E-state index in [2.05, 4.69) is 0 Å². The normalized spacial score (nSPS) is 19.1. The van der Waals surface area contributed by atoms with Crippen LogP contribution in [0.2, 0.25) is 0 Å². The van der Waals surface area contributed by atoms with Crippen LogP contribution in [-0.4, -0.2) is 45.1 Å². The average molecular weight is 347 g/mol. The van der Waals surface area contributed by atoms with Crippen LogP contribution in [0.25, 0.3) is 0 Å². The zero-order valence-electron chi connectivity index (χ0n) is 13.6. The first-order valence-electron chi connectivity index (χ1n) is 7.92. The first kappa shape index (κ1) is 17.0. The summed E-state index contributed by atoms with van der Waals surface area (Å²) in [5.74, 6) is 0.750. The molecule has 1 saturated heterocycles. The van der Waals surface area contributed by atoms with Crippen LogP contribution in [0.1, 0.15) is 5.56 Å². The summed E-state index contributed by atoms with van der Waals surface area (Å²) in [5, 5.41) is 0. The summed E-state index contributed by atoms with van der Waals surface area (Å²) in [4.78, 5) is 0.317. The summed E-state index contributed by atoms with van der Waals surface area (Å²) >= 11 is 0. The Morgan fingerprint density at radius 3 is 2.54 bits per heavy atom. The van der Waals surface area contributed by atoms with Gasteiger partial charge in [-0.05, 0) is 31.2 Å². The monoisotopic (exact) mass is 347 g/mol. The smallest absolute Gasteiger partial charge is 0.243 e. The molecule has 0 aromatic heterocycles. The summed E-state index contributed by atoms with van der Waals surface area (Å²) in [6.07, 6.45) is -0.279. The molecule has 128 valence electrons. The third-order valence-corrected chi connectivity index (χ3v) is 5.82. The van der Waals surface area contributed by atoms with Crippen molar-refractivity contribution in [1.29, 1.82) is 0 Å². The molecule has 0 saturated carbocycles. The van der Waals surface area contributed by atoms with Crippen LogP contribution >= 0.6 is 0 Å². The summed E-state index contributed by atoms with van der Waals surface area (Å²) in [6, 6.07) is 16.3. The van der Waals surface area contributed by atoms with Crippen molar-refractivity contribution < 1.29 is 17.9 Å². The molecule has 0 unspecified atom stereocenters. The van der Waals surface area contributed by atoms with Gasteiger partial charge in [-0.25, -0.2) is 8.42 Å². The Kier molecular flexibility index (Phi) is 5.18. The van der Waals surface area contributed by atoms with Crippen LogP contribution in [0.4, 0.5) is 0 Å². The highest BCUT2D eigenvalue weighted by Gasteiger charge is 2.31. The maximum atomic E-state index is 12.7. The molecule has 5 nitrogen and oxygen atoms in total. The van der Waals surface area contributed by atoms with Crippen LogP contribution in [0, 0.1) is 6.92 Å². The number of hydrogen-bond acceptors (Lipinski definition) is 4. The lowest BCUT2D eigenvalue weighted by Gasteiger charge is -2.32. The maximum Gasteiger partial charge on any atom is 0.243 e. The molecule has 1 aliphatic rings. The molecule has 3 rings (SSSR count). The highest BCUT2D eigenvalue weighted by atomic mass is 32.2. The lowest BCUT2D eigenvalue weighted by Crippen LogP contribution is -2.47. The molecule has 2 aromatic carbocycles. The summed E-state index contributed by atoms with van der Waals surface area (Å²) in [5.41, 5.74) is 1.03. The number of ether oxygens (including phenoxy) is 2. The summed E-state index contributed by atoms with van der Waals surface area (Å²) in [7, 11) is -3.50. The van der Waals surface area contributed by atoms with E-state index in [4.69, 9.17) is 9.47 Å². The molecule has 24 heavy (non-hydrogen) atoms. The van der Waals surface area contributed by atoms with E-state index < -0.39 is 10.0 Å². The number of nitrogens with zero attached hydrogens (tertiary/aromatic N) is 1. The van der Waals surface area contributed by atoms with E-state index in [1.165, 1.54) is 4.31 Å². The molecular weight excluding hydrogens is 326 g/mol. The molecular formula is C18H21NO4S. The fraction of sp³-hybridized carbons (Fsp3) is 0.333. The minimum atomic E-state index is -3.50. The first-order valence-corrected chi connectivity index (χ1v) is 9.36. The van der Waals surface area contributed by atoms with Crippen molar-refractivity contribution >= 4 is 10.0 Å². The fourth-order valence-corrected chi connectivity index (χ4v) is 4.03. The number of sulfonamides is 1. The largest absolute Gasteiger partial charge is 0.491 e. The molecule has 6 heteroatoms. The third-order valence-electron chi connectivity index (χ3n) is 3.94. The van der Waals surface area contributed by atoms with Gasteiger partial charge >= 0.3 is 0 Å². The number of morpholine rings is 1. The van der Waals surface area contributed by atoms with Crippen LogP contribution < -0.4 is 4.74 Å². The molecule has 0 radical (unpaired) electrons. The van der Waals surface area contributed by atoms with Crippen molar-refractivity contribution in [2.24, 2.45) is 0 Å². The van der Waals surface area contributed by atoms with Gasteiger partial charge in [0.1, 0.15) is 18.5 Å². The molecule has 1 fully saturated rings. The van der Waals surface area contributed by atoms with Crippen molar-refractivity contribution in [2.75, 3.05) is 26.3 Å². The molecule has 1 heterocycles. The Bertz CT molecular complexity index is 759.